The van der Waals surface area contributed by atoms with Crippen LogP contribution >= 0.6 is 11.6 Å². The van der Waals surface area contributed by atoms with E-state index in [-0.39, 0.29) is 36.7 Å². The summed E-state index contributed by atoms with van der Waals surface area (Å²) in [5.74, 6) is 0.749. The van der Waals surface area contributed by atoms with Crippen LogP contribution in [0.4, 0.5) is 39.3 Å². The first-order valence-corrected chi connectivity index (χ1v) is 14.8. The molecule has 44 heavy (non-hydrogen) atoms. The number of carbonyl (C=O) groups is 3. The highest BCUT2D eigenvalue weighted by Crippen LogP contribution is 2.33. The molecule has 0 radical (unpaired) electrons. The summed E-state index contributed by atoms with van der Waals surface area (Å²) in [4.78, 5) is 50.1. The fourth-order valence-corrected chi connectivity index (χ4v) is 5.88. The minimum Gasteiger partial charge on any atom is -0.387 e. The Kier molecular flexibility index (Phi) is 7.95. The van der Waals surface area contributed by atoms with Crippen LogP contribution in [0.1, 0.15) is 30.4 Å². The molecule has 0 unspecified atom stereocenters. The van der Waals surface area contributed by atoms with Gasteiger partial charge in [0.1, 0.15) is 10.9 Å². The summed E-state index contributed by atoms with van der Waals surface area (Å²) < 4.78 is 0. The minimum absolute atomic E-state index is 0.0458. The number of benzene rings is 2. The predicted octanol–water partition coefficient (Wildman–Crippen LogP) is 3.78. The molecule has 4 amide bonds. The van der Waals surface area contributed by atoms with Gasteiger partial charge in [-0.05, 0) is 54.8 Å². The van der Waals surface area contributed by atoms with E-state index in [2.05, 4.69) is 36.1 Å². The van der Waals surface area contributed by atoms with Gasteiger partial charge in [-0.3, -0.25) is 25.2 Å². The fourth-order valence-electron chi connectivity index (χ4n) is 5.74. The number of amidine groups is 1. The zero-order chi connectivity index (χ0) is 31.0. The van der Waals surface area contributed by atoms with E-state index in [1.807, 2.05) is 36.4 Å². The van der Waals surface area contributed by atoms with Crippen molar-refractivity contribution < 1.29 is 14.4 Å². The number of hydrogen-bond acceptors (Lipinski definition) is 10. The van der Waals surface area contributed by atoms with E-state index in [0.717, 1.165) is 54.2 Å². The molecule has 0 aliphatic carbocycles. The van der Waals surface area contributed by atoms with Crippen LogP contribution in [-0.4, -0.2) is 78.3 Å². The monoisotopic (exact) mass is 616 g/mol. The third kappa shape index (κ3) is 5.82. The van der Waals surface area contributed by atoms with Crippen molar-refractivity contribution in [1.82, 2.24) is 20.2 Å². The van der Waals surface area contributed by atoms with Crippen molar-refractivity contribution in [2.45, 2.75) is 31.7 Å². The van der Waals surface area contributed by atoms with Crippen LogP contribution < -0.4 is 31.1 Å². The standard InChI is InChI=1S/C30H33ClN10O3/c1-33-23-15-20(4-5-21(23)27(32)41-12-9-25(42)37-30(41)44)40-10-7-18(8-11-40)36-29-34-16-22(31)28(38-29)35-19-3-6-24-17(13-19)14-26(43)39(24)2/h3-6,13,15-16,18,32-33H,7-12,14H2,1-2H3,(H,37,42,44)(H2,34,35,36,38). The van der Waals surface area contributed by atoms with Crippen LogP contribution in [0.5, 0.6) is 0 Å². The molecular formula is C30H33ClN10O3. The van der Waals surface area contributed by atoms with E-state index < -0.39 is 6.03 Å². The number of piperidine rings is 1. The largest absolute Gasteiger partial charge is 0.387 e. The molecule has 14 heteroatoms. The zero-order valence-corrected chi connectivity index (χ0v) is 25.2. The Labute approximate surface area is 259 Å². The normalized spacial score (nSPS) is 17.0. The summed E-state index contributed by atoms with van der Waals surface area (Å²) >= 11 is 6.41. The van der Waals surface area contributed by atoms with Gasteiger partial charge in [0.05, 0.1) is 12.6 Å². The molecule has 2 aromatic carbocycles. The number of likely N-dealkylation sites (N-methyl/N-ethyl adjacent to an activating group) is 1. The Balaban J connectivity index is 1.07. The van der Waals surface area contributed by atoms with E-state index in [0.29, 0.717) is 28.8 Å². The number of hydrogen-bond donors (Lipinski definition) is 5. The van der Waals surface area contributed by atoms with Crippen molar-refractivity contribution in [1.29, 1.82) is 5.41 Å². The van der Waals surface area contributed by atoms with Crippen molar-refractivity contribution in [2.24, 2.45) is 0 Å². The number of urea groups is 1. The number of carbonyl (C=O) groups excluding carboxylic acids is 3. The van der Waals surface area contributed by atoms with Gasteiger partial charge in [-0.1, -0.05) is 11.6 Å². The lowest BCUT2D eigenvalue weighted by Crippen LogP contribution is -2.52. The van der Waals surface area contributed by atoms with E-state index in [1.54, 1.807) is 25.2 Å². The van der Waals surface area contributed by atoms with E-state index in [4.69, 9.17) is 17.0 Å². The van der Waals surface area contributed by atoms with Crippen molar-refractivity contribution in [3.8, 4) is 0 Å². The number of imide groups is 1. The van der Waals surface area contributed by atoms with Crippen LogP contribution in [0, 0.1) is 5.41 Å². The molecule has 0 atom stereocenters. The summed E-state index contributed by atoms with van der Waals surface area (Å²) in [7, 11) is 3.56. The lowest BCUT2D eigenvalue weighted by atomic mass is 10.0. The van der Waals surface area contributed by atoms with Gasteiger partial charge in [-0.25, -0.2) is 9.78 Å². The first-order chi connectivity index (χ1) is 21.2. The number of anilines is 6. The first-order valence-electron chi connectivity index (χ1n) is 14.4. The van der Waals surface area contributed by atoms with Gasteiger partial charge in [0.2, 0.25) is 17.8 Å². The van der Waals surface area contributed by atoms with Crippen LogP contribution in [-0.2, 0) is 16.0 Å². The predicted molar refractivity (Wildman–Crippen MR) is 170 cm³/mol. The van der Waals surface area contributed by atoms with Gasteiger partial charge in [0.15, 0.2) is 5.82 Å². The SMILES string of the molecule is CNc1cc(N2CCC(Nc3ncc(Cl)c(Nc4ccc5c(c4)CC(=O)N5C)n3)CC2)ccc1C(=N)N1CCC(=O)NC1=O. The summed E-state index contributed by atoms with van der Waals surface area (Å²) in [6, 6.07) is 11.1. The summed E-state index contributed by atoms with van der Waals surface area (Å²) in [6.45, 7) is 1.78. The first kappa shape index (κ1) is 29.2. The van der Waals surface area contributed by atoms with Crippen molar-refractivity contribution in [2.75, 3.05) is 59.5 Å². The maximum absolute atomic E-state index is 12.3. The van der Waals surface area contributed by atoms with Crippen LogP contribution in [0.15, 0.2) is 42.6 Å². The minimum atomic E-state index is -0.575. The molecule has 1 aromatic heterocycles. The Hall–Kier alpha value is -4.91. The quantitative estimate of drug-likeness (QED) is 0.197. The van der Waals surface area contributed by atoms with Crippen molar-refractivity contribution >= 4 is 69.8 Å². The second-order valence-corrected chi connectivity index (χ2v) is 11.4. The van der Waals surface area contributed by atoms with Gasteiger partial charge in [0.25, 0.3) is 0 Å². The number of amides is 4. The van der Waals surface area contributed by atoms with Crippen molar-refractivity contribution in [3.05, 3.63) is 58.7 Å². The summed E-state index contributed by atoms with van der Waals surface area (Å²) in [6.07, 6.45) is 3.82. The topological polar surface area (TPSA) is 159 Å². The smallest absolute Gasteiger partial charge is 0.329 e. The van der Waals surface area contributed by atoms with Gasteiger partial charge in [0, 0.05) is 74.5 Å². The maximum atomic E-state index is 12.3. The van der Waals surface area contributed by atoms with E-state index in [1.165, 1.54) is 4.90 Å². The lowest BCUT2D eigenvalue weighted by molar-refractivity contribution is -0.121. The Morgan fingerprint density at radius 3 is 2.64 bits per heavy atom. The van der Waals surface area contributed by atoms with Crippen LogP contribution in [0.2, 0.25) is 5.02 Å². The number of halogens is 1. The lowest BCUT2D eigenvalue weighted by Gasteiger charge is -2.34. The summed E-state index contributed by atoms with van der Waals surface area (Å²) in [5, 5.41) is 21.1. The molecule has 0 spiro atoms. The number of rotatable bonds is 7. The Morgan fingerprint density at radius 1 is 1.09 bits per heavy atom. The van der Waals surface area contributed by atoms with Gasteiger partial charge in [-0.2, -0.15) is 4.98 Å². The third-order valence-electron chi connectivity index (χ3n) is 8.21. The molecule has 3 aliphatic rings. The van der Waals surface area contributed by atoms with Crippen molar-refractivity contribution in [3.63, 3.8) is 0 Å². The maximum Gasteiger partial charge on any atom is 0.329 e. The molecule has 6 rings (SSSR count). The Bertz CT molecular complexity index is 1660. The van der Waals surface area contributed by atoms with Crippen LogP contribution in [0.3, 0.4) is 0 Å². The number of nitrogens with one attached hydrogen (secondary N) is 5. The molecule has 0 bridgehead atoms. The fraction of sp³-hybridized carbons (Fsp3) is 0.333. The molecular weight excluding hydrogens is 584 g/mol. The molecule has 228 valence electrons. The highest BCUT2D eigenvalue weighted by molar-refractivity contribution is 6.33. The average molecular weight is 617 g/mol. The molecule has 3 aliphatic heterocycles. The summed E-state index contributed by atoms with van der Waals surface area (Å²) in [5.41, 5.74) is 4.99. The highest BCUT2D eigenvalue weighted by atomic mass is 35.5. The molecule has 13 nitrogen and oxygen atoms in total. The molecule has 2 fully saturated rings. The molecule has 2 saturated heterocycles. The molecule has 3 aromatic rings. The van der Waals surface area contributed by atoms with Gasteiger partial charge < -0.3 is 25.8 Å². The third-order valence-corrected chi connectivity index (χ3v) is 8.48. The second-order valence-electron chi connectivity index (χ2n) is 11.0. The molecule has 5 N–H and O–H groups in total. The molecule has 0 saturated carbocycles. The van der Waals surface area contributed by atoms with Gasteiger partial charge >= 0.3 is 6.03 Å². The van der Waals surface area contributed by atoms with Crippen LogP contribution in [0.25, 0.3) is 0 Å². The number of aromatic nitrogens is 2. The Morgan fingerprint density at radius 2 is 1.89 bits per heavy atom. The molecule has 4 heterocycles. The number of nitrogens with zero attached hydrogens (tertiary/aromatic N) is 5. The van der Waals surface area contributed by atoms with E-state index >= 15 is 0 Å². The van der Waals surface area contributed by atoms with Gasteiger partial charge in [-0.15, -0.1) is 0 Å². The van der Waals surface area contributed by atoms with E-state index in [9.17, 15) is 14.4 Å². The zero-order valence-electron chi connectivity index (χ0n) is 24.4. The number of fused-ring (bicyclic) bond motifs is 1. The second kappa shape index (κ2) is 12.0. The average Bonchev–Trinajstić information content (AvgIpc) is 3.30. The highest BCUT2D eigenvalue weighted by Gasteiger charge is 2.29.